The van der Waals surface area contributed by atoms with Gasteiger partial charge in [0.25, 0.3) is 0 Å². The van der Waals surface area contributed by atoms with Crippen molar-refractivity contribution in [2.24, 2.45) is 5.73 Å². The van der Waals surface area contributed by atoms with Gasteiger partial charge in [-0.25, -0.2) is 0 Å². The van der Waals surface area contributed by atoms with Crippen LogP contribution in [0.4, 0.5) is 0 Å². The van der Waals surface area contributed by atoms with E-state index in [0.29, 0.717) is 22.9 Å². The van der Waals surface area contributed by atoms with E-state index in [1.807, 2.05) is 36.4 Å². The van der Waals surface area contributed by atoms with Crippen LogP contribution in [0.2, 0.25) is 4.34 Å². The van der Waals surface area contributed by atoms with Gasteiger partial charge in [0, 0.05) is 23.4 Å². The summed E-state index contributed by atoms with van der Waals surface area (Å²) < 4.78 is 0.714. The maximum atomic E-state index is 12.0. The van der Waals surface area contributed by atoms with E-state index >= 15 is 0 Å². The molecule has 0 saturated heterocycles. The maximum Gasteiger partial charge on any atom is 0.168 e. The fourth-order valence-corrected chi connectivity index (χ4v) is 2.62. The van der Waals surface area contributed by atoms with Crippen LogP contribution in [0.3, 0.4) is 0 Å². The van der Waals surface area contributed by atoms with Crippen LogP contribution in [0.1, 0.15) is 20.8 Å². The predicted molar refractivity (Wildman–Crippen MR) is 71.7 cm³/mol. The fourth-order valence-electron chi connectivity index (χ4n) is 1.53. The zero-order valence-corrected chi connectivity index (χ0v) is 10.7. The molecule has 0 amide bonds. The van der Waals surface area contributed by atoms with Crippen LogP contribution in [0.25, 0.3) is 0 Å². The van der Waals surface area contributed by atoms with Crippen molar-refractivity contribution >= 4 is 28.7 Å². The second-order valence-corrected chi connectivity index (χ2v) is 5.51. The Morgan fingerprint density at radius 2 is 1.88 bits per heavy atom. The Bertz CT molecular complexity index is 518. The molecule has 0 aliphatic heterocycles. The normalized spacial score (nSPS) is 10.5. The molecular weight excluding hydrogens is 254 g/mol. The predicted octanol–water partition coefficient (Wildman–Crippen LogP) is 3.29. The van der Waals surface area contributed by atoms with Crippen molar-refractivity contribution in [3.63, 3.8) is 0 Å². The van der Waals surface area contributed by atoms with Gasteiger partial charge in [0.2, 0.25) is 0 Å². The first kappa shape index (κ1) is 12.3. The minimum absolute atomic E-state index is 0.104. The van der Waals surface area contributed by atoms with Gasteiger partial charge in [0.1, 0.15) is 0 Å². The second-order valence-electron chi connectivity index (χ2n) is 3.71. The van der Waals surface area contributed by atoms with Crippen LogP contribution < -0.4 is 5.73 Å². The lowest BCUT2D eigenvalue weighted by atomic mass is 10.1. The molecular formula is C13H12ClNOS. The van der Waals surface area contributed by atoms with Gasteiger partial charge < -0.3 is 5.73 Å². The van der Waals surface area contributed by atoms with Crippen molar-refractivity contribution in [3.8, 4) is 0 Å². The molecule has 2 N–H and O–H groups in total. The number of ketones is 1. The van der Waals surface area contributed by atoms with Crippen LogP contribution >= 0.6 is 22.9 Å². The molecule has 17 heavy (non-hydrogen) atoms. The highest BCUT2D eigenvalue weighted by Crippen LogP contribution is 2.22. The number of carbonyl (C=O) groups excluding carboxylic acids is 1. The fraction of sp³-hybridized carbons (Fsp3) is 0.154. The minimum atomic E-state index is 0.104. The summed E-state index contributed by atoms with van der Waals surface area (Å²) in [7, 11) is 0. The Labute approximate surface area is 109 Å². The molecule has 2 aromatic rings. The van der Waals surface area contributed by atoms with Crippen molar-refractivity contribution in [2.45, 2.75) is 13.0 Å². The largest absolute Gasteiger partial charge is 0.326 e. The zero-order valence-electron chi connectivity index (χ0n) is 9.15. The second kappa shape index (κ2) is 5.45. The average molecular weight is 266 g/mol. The van der Waals surface area contributed by atoms with E-state index in [2.05, 4.69) is 0 Å². The summed E-state index contributed by atoms with van der Waals surface area (Å²) in [6, 6.07) is 11.1. The summed E-state index contributed by atoms with van der Waals surface area (Å²) in [5, 5.41) is 0. The Morgan fingerprint density at radius 1 is 1.18 bits per heavy atom. The third-order valence-electron chi connectivity index (χ3n) is 2.48. The molecule has 0 radical (unpaired) electrons. The van der Waals surface area contributed by atoms with E-state index < -0.39 is 0 Å². The Hall–Kier alpha value is -1.16. The first-order chi connectivity index (χ1) is 8.19. The molecule has 0 atom stereocenters. The number of carbonyl (C=O) groups is 1. The van der Waals surface area contributed by atoms with E-state index in [1.54, 1.807) is 0 Å². The number of hydrogen-bond donors (Lipinski definition) is 1. The van der Waals surface area contributed by atoms with Gasteiger partial charge >= 0.3 is 0 Å². The first-order valence-electron chi connectivity index (χ1n) is 5.25. The molecule has 0 saturated carbocycles. The number of hydrogen-bond acceptors (Lipinski definition) is 3. The molecule has 0 aliphatic carbocycles. The van der Waals surface area contributed by atoms with Gasteiger partial charge in [-0.2, -0.15) is 0 Å². The molecule has 1 aromatic carbocycles. The number of halogens is 1. The molecule has 4 heteroatoms. The quantitative estimate of drug-likeness (QED) is 0.862. The van der Waals surface area contributed by atoms with Crippen LogP contribution in [0.15, 0.2) is 36.4 Å². The Balaban J connectivity index is 2.09. The van der Waals surface area contributed by atoms with Crippen LogP contribution in [-0.4, -0.2) is 5.78 Å². The molecule has 0 unspecified atom stereocenters. The molecule has 2 nitrogen and oxygen atoms in total. The van der Waals surface area contributed by atoms with Crippen molar-refractivity contribution < 1.29 is 4.79 Å². The number of Topliss-reactive ketones (excluding diaryl/α,β-unsaturated/α-hetero) is 1. The highest BCUT2D eigenvalue weighted by atomic mass is 35.5. The smallest absolute Gasteiger partial charge is 0.168 e. The maximum absolute atomic E-state index is 12.0. The first-order valence-corrected chi connectivity index (χ1v) is 6.45. The third kappa shape index (κ3) is 3.16. The van der Waals surface area contributed by atoms with Gasteiger partial charge in [-0.3, -0.25) is 4.79 Å². The molecule has 2 rings (SSSR count). The topological polar surface area (TPSA) is 43.1 Å². The Morgan fingerprint density at radius 3 is 2.41 bits per heavy atom. The number of benzene rings is 1. The van der Waals surface area contributed by atoms with Crippen molar-refractivity contribution in [1.82, 2.24) is 0 Å². The van der Waals surface area contributed by atoms with E-state index in [9.17, 15) is 4.79 Å². The van der Waals surface area contributed by atoms with Crippen LogP contribution in [-0.2, 0) is 13.0 Å². The monoisotopic (exact) mass is 265 g/mol. The molecule has 0 fully saturated rings. The van der Waals surface area contributed by atoms with Gasteiger partial charge in [-0.1, -0.05) is 35.9 Å². The van der Waals surface area contributed by atoms with Crippen LogP contribution in [0, 0.1) is 0 Å². The van der Waals surface area contributed by atoms with E-state index in [1.165, 1.54) is 11.3 Å². The minimum Gasteiger partial charge on any atom is -0.326 e. The molecule has 0 spiro atoms. The highest BCUT2D eigenvalue weighted by Gasteiger charge is 2.08. The van der Waals surface area contributed by atoms with Gasteiger partial charge in [-0.15, -0.1) is 11.3 Å². The number of thiophene rings is 1. The lowest BCUT2D eigenvalue weighted by Gasteiger charge is -2.01. The standard InChI is InChI=1S/C13H12ClNOS/c14-13-6-5-11(17-13)7-12(16)10-3-1-9(8-15)2-4-10/h1-6H,7-8,15H2. The summed E-state index contributed by atoms with van der Waals surface area (Å²) in [6.45, 7) is 0.495. The van der Waals surface area contributed by atoms with Crippen molar-refractivity contribution in [2.75, 3.05) is 0 Å². The summed E-state index contributed by atoms with van der Waals surface area (Å²) in [4.78, 5) is 12.9. The lowest BCUT2D eigenvalue weighted by molar-refractivity contribution is 0.0994. The van der Waals surface area contributed by atoms with Gasteiger partial charge in [0.15, 0.2) is 5.78 Å². The summed E-state index contributed by atoms with van der Waals surface area (Å²) in [5.41, 5.74) is 7.25. The number of nitrogens with two attached hydrogens (primary N) is 1. The third-order valence-corrected chi connectivity index (χ3v) is 3.71. The van der Waals surface area contributed by atoms with E-state index in [4.69, 9.17) is 17.3 Å². The zero-order chi connectivity index (χ0) is 12.3. The SMILES string of the molecule is NCc1ccc(C(=O)Cc2ccc(Cl)s2)cc1. The van der Waals surface area contributed by atoms with Crippen molar-refractivity contribution in [3.05, 3.63) is 56.7 Å². The summed E-state index contributed by atoms with van der Waals surface area (Å²) in [6.07, 6.45) is 0.402. The molecule has 1 heterocycles. The van der Waals surface area contributed by atoms with E-state index in [-0.39, 0.29) is 5.78 Å². The summed E-state index contributed by atoms with van der Waals surface area (Å²) >= 11 is 7.27. The van der Waals surface area contributed by atoms with Gasteiger partial charge in [0.05, 0.1) is 4.34 Å². The lowest BCUT2D eigenvalue weighted by Crippen LogP contribution is -2.03. The molecule has 1 aromatic heterocycles. The van der Waals surface area contributed by atoms with E-state index in [0.717, 1.165) is 10.4 Å². The molecule has 88 valence electrons. The average Bonchev–Trinajstić information content (AvgIpc) is 2.75. The number of rotatable bonds is 4. The highest BCUT2D eigenvalue weighted by molar-refractivity contribution is 7.16. The Kier molecular flexibility index (Phi) is 3.94. The van der Waals surface area contributed by atoms with Gasteiger partial charge in [-0.05, 0) is 17.7 Å². The van der Waals surface area contributed by atoms with Crippen LogP contribution in [0.5, 0.6) is 0 Å². The summed E-state index contributed by atoms with van der Waals surface area (Å²) in [5.74, 6) is 0.104. The molecule has 0 aliphatic rings. The van der Waals surface area contributed by atoms with Crippen molar-refractivity contribution in [1.29, 1.82) is 0 Å². The molecule has 0 bridgehead atoms.